The maximum Gasteiger partial charge on any atom is 0.239 e. The summed E-state index contributed by atoms with van der Waals surface area (Å²) in [7, 11) is 0. The molecule has 0 aliphatic carbocycles. The fourth-order valence-corrected chi connectivity index (χ4v) is 3.01. The third-order valence-electron chi connectivity index (χ3n) is 4.33. The Kier molecular flexibility index (Phi) is 4.87. The lowest BCUT2D eigenvalue weighted by Gasteiger charge is -2.36. The zero-order chi connectivity index (χ0) is 18.0. The molecule has 3 rings (SSSR count). The number of hydrogen-bond acceptors (Lipinski definition) is 5. The van der Waals surface area contributed by atoms with Gasteiger partial charge in [-0.3, -0.25) is 14.8 Å². The minimum atomic E-state index is -0.474. The molecule has 0 bridgehead atoms. The molecule has 2 atom stereocenters. The molecule has 1 amide bonds. The number of morpholine rings is 1. The third kappa shape index (κ3) is 3.88. The molecule has 25 heavy (non-hydrogen) atoms. The Morgan fingerprint density at radius 2 is 2.08 bits per heavy atom. The van der Waals surface area contributed by atoms with E-state index in [0.29, 0.717) is 25.5 Å². The maximum atomic E-state index is 12.1. The molecule has 1 aliphatic heterocycles. The average Bonchev–Trinajstić information content (AvgIpc) is 3.06. The fourth-order valence-electron chi connectivity index (χ4n) is 3.01. The van der Waals surface area contributed by atoms with E-state index in [-0.39, 0.29) is 17.4 Å². The molecule has 0 unspecified atom stereocenters. The number of ether oxygens (including phenoxy) is 1. The van der Waals surface area contributed by atoms with E-state index in [1.165, 1.54) is 0 Å². The van der Waals surface area contributed by atoms with Gasteiger partial charge in [-0.1, -0.05) is 51.1 Å². The molecule has 3 N–H and O–H groups in total. The molecule has 1 aromatic carbocycles. The normalized spacial score (nSPS) is 20.4. The minimum absolute atomic E-state index is 0.136. The smallest absolute Gasteiger partial charge is 0.239 e. The number of benzene rings is 1. The van der Waals surface area contributed by atoms with Crippen molar-refractivity contribution in [1.29, 1.82) is 0 Å². The van der Waals surface area contributed by atoms with E-state index in [0.717, 1.165) is 11.4 Å². The molecule has 0 spiro atoms. The van der Waals surface area contributed by atoms with E-state index in [1.807, 2.05) is 35.2 Å². The number of rotatable bonds is 4. The van der Waals surface area contributed by atoms with Crippen LogP contribution in [0.4, 0.5) is 0 Å². The number of nitrogens with one attached hydrogen (secondary N) is 1. The molecule has 2 heterocycles. The molecule has 1 aromatic heterocycles. The summed E-state index contributed by atoms with van der Waals surface area (Å²) in [5, 5.41) is 7.28. The molecular formula is C18H25N5O2. The van der Waals surface area contributed by atoms with Crippen molar-refractivity contribution < 1.29 is 9.53 Å². The largest absolute Gasteiger partial charge is 0.368 e. The van der Waals surface area contributed by atoms with E-state index in [9.17, 15) is 4.79 Å². The van der Waals surface area contributed by atoms with E-state index < -0.39 is 6.04 Å². The van der Waals surface area contributed by atoms with Crippen molar-refractivity contribution in [2.45, 2.75) is 38.3 Å². The number of primary amides is 1. The molecule has 7 nitrogen and oxygen atoms in total. The van der Waals surface area contributed by atoms with Crippen molar-refractivity contribution in [2.75, 3.05) is 19.7 Å². The summed E-state index contributed by atoms with van der Waals surface area (Å²) in [5.41, 5.74) is 6.44. The number of amides is 1. The van der Waals surface area contributed by atoms with Crippen LogP contribution in [0.1, 0.15) is 50.1 Å². The zero-order valence-corrected chi connectivity index (χ0v) is 14.9. The van der Waals surface area contributed by atoms with Crippen LogP contribution < -0.4 is 5.73 Å². The van der Waals surface area contributed by atoms with Crippen LogP contribution in [0.25, 0.3) is 0 Å². The predicted octanol–water partition coefficient (Wildman–Crippen LogP) is 1.70. The first-order valence-corrected chi connectivity index (χ1v) is 8.49. The second-order valence-electron chi connectivity index (χ2n) is 7.36. The van der Waals surface area contributed by atoms with Gasteiger partial charge < -0.3 is 10.5 Å². The highest BCUT2D eigenvalue weighted by atomic mass is 16.5. The van der Waals surface area contributed by atoms with Gasteiger partial charge in [-0.15, -0.1) is 0 Å². The second-order valence-corrected chi connectivity index (χ2v) is 7.36. The Bertz CT molecular complexity index is 723. The summed E-state index contributed by atoms with van der Waals surface area (Å²) in [5.74, 6) is 1.07. The molecule has 0 saturated carbocycles. The SMILES string of the molecule is CC(C)(C)c1n[nH]c([C@H]2CN([C@@H](C(N)=O)c3ccccc3)CCO2)n1. The highest BCUT2D eigenvalue weighted by molar-refractivity contribution is 5.81. The number of aromatic amines is 1. The van der Waals surface area contributed by atoms with E-state index >= 15 is 0 Å². The van der Waals surface area contributed by atoms with Gasteiger partial charge in [0.1, 0.15) is 12.1 Å². The quantitative estimate of drug-likeness (QED) is 0.881. The van der Waals surface area contributed by atoms with Crippen molar-refractivity contribution in [3.8, 4) is 0 Å². The maximum absolute atomic E-state index is 12.1. The van der Waals surface area contributed by atoms with Crippen LogP contribution in [-0.2, 0) is 14.9 Å². The van der Waals surface area contributed by atoms with Crippen LogP contribution >= 0.6 is 0 Å². The lowest BCUT2D eigenvalue weighted by Crippen LogP contribution is -2.45. The van der Waals surface area contributed by atoms with Gasteiger partial charge in [0.05, 0.1) is 6.61 Å². The van der Waals surface area contributed by atoms with Gasteiger partial charge in [-0.25, -0.2) is 4.98 Å². The number of H-pyrrole nitrogens is 1. The zero-order valence-electron chi connectivity index (χ0n) is 14.9. The summed E-state index contributed by atoms with van der Waals surface area (Å²) in [6.45, 7) is 7.86. The van der Waals surface area contributed by atoms with Gasteiger partial charge in [-0.05, 0) is 5.56 Å². The van der Waals surface area contributed by atoms with Crippen LogP contribution in [0.2, 0.25) is 0 Å². The average molecular weight is 343 g/mol. The van der Waals surface area contributed by atoms with Gasteiger partial charge in [0.2, 0.25) is 5.91 Å². The summed E-state index contributed by atoms with van der Waals surface area (Å²) < 4.78 is 5.86. The topological polar surface area (TPSA) is 97.1 Å². The van der Waals surface area contributed by atoms with Crippen LogP contribution in [-0.4, -0.2) is 45.7 Å². The Morgan fingerprint density at radius 1 is 1.36 bits per heavy atom. The molecule has 7 heteroatoms. The van der Waals surface area contributed by atoms with Crippen molar-refractivity contribution in [1.82, 2.24) is 20.1 Å². The van der Waals surface area contributed by atoms with Crippen molar-refractivity contribution in [2.24, 2.45) is 5.73 Å². The lowest BCUT2D eigenvalue weighted by atomic mass is 9.96. The molecule has 134 valence electrons. The first-order valence-electron chi connectivity index (χ1n) is 8.49. The number of nitrogens with two attached hydrogens (primary N) is 1. The van der Waals surface area contributed by atoms with Crippen LogP contribution in [0.5, 0.6) is 0 Å². The molecule has 1 fully saturated rings. The molecule has 1 aliphatic rings. The first-order chi connectivity index (χ1) is 11.9. The lowest BCUT2D eigenvalue weighted by molar-refractivity contribution is -0.127. The number of carbonyl (C=O) groups is 1. The Morgan fingerprint density at radius 3 is 2.68 bits per heavy atom. The number of carbonyl (C=O) groups excluding carboxylic acids is 1. The molecular weight excluding hydrogens is 318 g/mol. The fraction of sp³-hybridized carbons (Fsp3) is 0.500. The minimum Gasteiger partial charge on any atom is -0.368 e. The second kappa shape index (κ2) is 6.93. The van der Waals surface area contributed by atoms with Gasteiger partial charge >= 0.3 is 0 Å². The van der Waals surface area contributed by atoms with Gasteiger partial charge in [0.15, 0.2) is 11.6 Å². The third-order valence-corrected chi connectivity index (χ3v) is 4.33. The summed E-state index contributed by atoms with van der Waals surface area (Å²) >= 11 is 0. The van der Waals surface area contributed by atoms with E-state index in [4.69, 9.17) is 10.5 Å². The Hall–Kier alpha value is -2.25. The van der Waals surface area contributed by atoms with Crippen molar-refractivity contribution in [3.05, 3.63) is 47.5 Å². The summed E-state index contributed by atoms with van der Waals surface area (Å²) in [4.78, 5) is 18.7. The van der Waals surface area contributed by atoms with Crippen LogP contribution in [0, 0.1) is 0 Å². The molecule has 0 radical (unpaired) electrons. The van der Waals surface area contributed by atoms with Gasteiger partial charge in [0.25, 0.3) is 0 Å². The summed E-state index contributed by atoms with van der Waals surface area (Å²) in [6.07, 6.45) is -0.261. The summed E-state index contributed by atoms with van der Waals surface area (Å²) in [6, 6.07) is 9.12. The van der Waals surface area contributed by atoms with Gasteiger partial charge in [0, 0.05) is 18.5 Å². The van der Waals surface area contributed by atoms with Crippen molar-refractivity contribution in [3.63, 3.8) is 0 Å². The highest BCUT2D eigenvalue weighted by Gasteiger charge is 2.33. The molecule has 2 aromatic rings. The monoisotopic (exact) mass is 343 g/mol. The van der Waals surface area contributed by atoms with Crippen molar-refractivity contribution >= 4 is 5.91 Å². The first kappa shape index (κ1) is 17.6. The van der Waals surface area contributed by atoms with E-state index in [2.05, 4.69) is 36.0 Å². The predicted molar refractivity (Wildman–Crippen MR) is 93.7 cm³/mol. The Labute approximate surface area is 147 Å². The van der Waals surface area contributed by atoms with E-state index in [1.54, 1.807) is 0 Å². The standard InChI is InChI=1S/C18H25N5O2/c1-18(2,3)17-20-16(21-22-17)13-11-23(9-10-25-13)14(15(19)24)12-7-5-4-6-8-12/h4-8,13-14H,9-11H2,1-3H3,(H2,19,24)(H,20,21,22)/t13-,14-/m1/s1. The van der Waals surface area contributed by atoms with Crippen LogP contribution in [0.3, 0.4) is 0 Å². The highest BCUT2D eigenvalue weighted by Crippen LogP contribution is 2.28. The number of nitrogens with zero attached hydrogens (tertiary/aromatic N) is 3. The number of aromatic nitrogens is 3. The van der Waals surface area contributed by atoms with Crippen LogP contribution in [0.15, 0.2) is 30.3 Å². The Balaban J connectivity index is 1.80. The van der Waals surface area contributed by atoms with Gasteiger partial charge in [-0.2, -0.15) is 5.10 Å². The number of hydrogen-bond donors (Lipinski definition) is 2. The molecule has 1 saturated heterocycles.